The van der Waals surface area contributed by atoms with E-state index in [2.05, 4.69) is 24.3 Å². The molecule has 4 heteroatoms. The molecule has 0 amide bonds. The largest absolute Gasteiger partial charge is 0.508 e. The van der Waals surface area contributed by atoms with Crippen LogP contribution in [0.1, 0.15) is 55.6 Å². The van der Waals surface area contributed by atoms with Crippen LogP contribution < -0.4 is 0 Å². The van der Waals surface area contributed by atoms with E-state index in [1.54, 1.807) is 12.1 Å². The summed E-state index contributed by atoms with van der Waals surface area (Å²) < 4.78 is 0. The molecule has 0 radical (unpaired) electrons. The quantitative estimate of drug-likeness (QED) is 0.275. The maximum absolute atomic E-state index is 10.7. The molecule has 4 N–H and O–H groups in total. The van der Waals surface area contributed by atoms with Crippen molar-refractivity contribution in [2.45, 2.75) is 46.3 Å². The number of aromatic hydroxyl groups is 2. The number of aliphatic hydroxyl groups is 2. The summed E-state index contributed by atoms with van der Waals surface area (Å²) in [5.74, 6) is 0.160. The molecule has 1 aliphatic carbocycles. The molecule has 0 aliphatic heterocycles. The first-order valence-corrected chi connectivity index (χ1v) is 11.8. The Morgan fingerprint density at radius 1 is 0.600 bits per heavy atom. The minimum absolute atomic E-state index is 0.0798. The van der Waals surface area contributed by atoms with E-state index in [0.29, 0.717) is 11.1 Å². The van der Waals surface area contributed by atoms with Crippen LogP contribution in [0.15, 0.2) is 60.7 Å². The molecule has 0 bridgehead atoms. The Morgan fingerprint density at radius 3 is 1.34 bits per heavy atom. The maximum Gasteiger partial charge on any atom is 0.121 e. The van der Waals surface area contributed by atoms with Gasteiger partial charge in [-0.1, -0.05) is 48.5 Å². The van der Waals surface area contributed by atoms with Gasteiger partial charge in [-0.05, 0) is 95.5 Å². The third kappa shape index (κ3) is 3.00. The van der Waals surface area contributed by atoms with Crippen LogP contribution in [-0.4, -0.2) is 20.4 Å². The van der Waals surface area contributed by atoms with Gasteiger partial charge < -0.3 is 20.4 Å². The molecule has 35 heavy (non-hydrogen) atoms. The lowest BCUT2D eigenvalue weighted by Crippen LogP contribution is -2.33. The first-order valence-electron chi connectivity index (χ1n) is 11.8. The summed E-state index contributed by atoms with van der Waals surface area (Å²) in [5, 5.41) is 41.8. The number of benzene rings is 4. The van der Waals surface area contributed by atoms with E-state index in [-0.39, 0.29) is 24.7 Å². The maximum atomic E-state index is 10.7. The van der Waals surface area contributed by atoms with Gasteiger partial charge in [-0.3, -0.25) is 0 Å². The number of aliphatic hydroxyl groups excluding tert-OH is 2. The summed E-state index contributed by atoms with van der Waals surface area (Å²) >= 11 is 0. The van der Waals surface area contributed by atoms with Gasteiger partial charge in [-0.2, -0.15) is 0 Å². The first-order chi connectivity index (χ1) is 16.8. The second-order valence-electron chi connectivity index (χ2n) is 9.54. The number of phenols is 2. The smallest absolute Gasteiger partial charge is 0.121 e. The van der Waals surface area contributed by atoms with Crippen molar-refractivity contribution in [3.8, 4) is 22.6 Å². The Hall–Kier alpha value is -3.60. The van der Waals surface area contributed by atoms with E-state index < -0.39 is 5.41 Å². The molecule has 0 atom stereocenters. The van der Waals surface area contributed by atoms with Gasteiger partial charge in [0.05, 0.1) is 18.6 Å². The third-order valence-electron chi connectivity index (χ3n) is 7.79. The Kier molecular flexibility index (Phi) is 5.47. The normalized spacial score (nSPS) is 13.5. The summed E-state index contributed by atoms with van der Waals surface area (Å²) in [6.07, 6.45) is 0. The molecule has 0 fully saturated rings. The number of fused-ring (bicyclic) bond motifs is 3. The summed E-state index contributed by atoms with van der Waals surface area (Å²) in [6, 6.07) is 20.2. The number of hydrogen-bond donors (Lipinski definition) is 4. The molecular weight excluding hydrogens is 436 g/mol. The van der Waals surface area contributed by atoms with Crippen molar-refractivity contribution in [2.24, 2.45) is 0 Å². The Morgan fingerprint density at radius 2 is 0.971 bits per heavy atom. The molecule has 0 unspecified atom stereocenters. The van der Waals surface area contributed by atoms with Crippen LogP contribution >= 0.6 is 0 Å². The van der Waals surface area contributed by atoms with Gasteiger partial charge in [0, 0.05) is 11.1 Å². The molecule has 0 aromatic heterocycles. The highest BCUT2D eigenvalue weighted by Crippen LogP contribution is 2.59. The molecule has 5 rings (SSSR count). The molecule has 4 nitrogen and oxygen atoms in total. The van der Waals surface area contributed by atoms with E-state index in [1.165, 1.54) is 0 Å². The van der Waals surface area contributed by atoms with Crippen molar-refractivity contribution in [3.05, 3.63) is 116 Å². The Bertz CT molecular complexity index is 1370. The molecule has 4 aromatic rings. The van der Waals surface area contributed by atoms with Gasteiger partial charge in [0.2, 0.25) is 0 Å². The van der Waals surface area contributed by atoms with Crippen LogP contribution in [0.5, 0.6) is 11.5 Å². The average molecular weight is 467 g/mol. The van der Waals surface area contributed by atoms with Gasteiger partial charge >= 0.3 is 0 Å². The molecule has 4 aromatic carbocycles. The fraction of sp³-hybridized carbons (Fsp3) is 0.226. The molecule has 0 saturated heterocycles. The zero-order chi connectivity index (χ0) is 25.1. The highest BCUT2D eigenvalue weighted by Gasteiger charge is 2.49. The van der Waals surface area contributed by atoms with E-state index >= 15 is 0 Å². The topological polar surface area (TPSA) is 80.9 Å². The monoisotopic (exact) mass is 466 g/mol. The SMILES string of the molecule is Cc1cc(O)c(CO)c(C)c1C1(c2c(C)cc(O)c(CO)c2C)c2ccccc2-c2ccccc21. The highest BCUT2D eigenvalue weighted by atomic mass is 16.3. The Labute approximate surface area is 205 Å². The molecule has 1 aliphatic rings. The highest BCUT2D eigenvalue weighted by molar-refractivity contribution is 5.88. The number of aryl methyl sites for hydroxylation is 2. The molecule has 0 spiro atoms. The van der Waals surface area contributed by atoms with Gasteiger partial charge in [-0.25, -0.2) is 0 Å². The van der Waals surface area contributed by atoms with Gasteiger partial charge in [0.1, 0.15) is 11.5 Å². The van der Waals surface area contributed by atoms with Crippen LogP contribution in [0, 0.1) is 27.7 Å². The van der Waals surface area contributed by atoms with Gasteiger partial charge in [0.25, 0.3) is 0 Å². The second kappa shape index (κ2) is 8.26. The summed E-state index contributed by atoms with van der Waals surface area (Å²) in [6.45, 7) is 7.34. The van der Waals surface area contributed by atoms with Gasteiger partial charge in [0.15, 0.2) is 0 Å². The van der Waals surface area contributed by atoms with Crippen LogP contribution in [0.25, 0.3) is 11.1 Å². The zero-order valence-corrected chi connectivity index (χ0v) is 20.5. The summed E-state index contributed by atoms with van der Waals surface area (Å²) in [5.41, 5.74) is 10.1. The predicted molar refractivity (Wildman–Crippen MR) is 138 cm³/mol. The van der Waals surface area contributed by atoms with E-state index in [4.69, 9.17) is 0 Å². The fourth-order valence-electron chi connectivity index (χ4n) is 6.46. The second-order valence-corrected chi connectivity index (χ2v) is 9.54. The summed E-state index contributed by atoms with van der Waals surface area (Å²) in [7, 11) is 0. The Balaban J connectivity index is 2.10. The molecule has 0 heterocycles. The number of hydrogen-bond acceptors (Lipinski definition) is 4. The van der Waals surface area contributed by atoms with Crippen LogP contribution in [-0.2, 0) is 18.6 Å². The number of rotatable bonds is 4. The van der Waals surface area contributed by atoms with E-state index in [9.17, 15) is 20.4 Å². The van der Waals surface area contributed by atoms with E-state index in [0.717, 1.165) is 55.6 Å². The van der Waals surface area contributed by atoms with Crippen LogP contribution in [0.4, 0.5) is 0 Å². The minimum Gasteiger partial charge on any atom is -0.508 e. The first kappa shape index (κ1) is 23.2. The average Bonchev–Trinajstić information content (AvgIpc) is 3.10. The van der Waals surface area contributed by atoms with Crippen molar-refractivity contribution in [1.29, 1.82) is 0 Å². The lowest BCUT2D eigenvalue weighted by molar-refractivity contribution is 0.274. The van der Waals surface area contributed by atoms with Crippen molar-refractivity contribution >= 4 is 0 Å². The zero-order valence-electron chi connectivity index (χ0n) is 20.5. The standard InChI is InChI=1S/C31H30O4/c1-17-13-27(34)23(15-32)19(3)29(17)31(30-18(2)14-28(35)24(16-33)20(30)4)25-11-7-5-9-21(25)22-10-6-8-12-26(22)31/h5-14,32-35H,15-16H2,1-4H3. The molecule has 0 saturated carbocycles. The molecule has 178 valence electrons. The van der Waals surface area contributed by atoms with Crippen LogP contribution in [0.3, 0.4) is 0 Å². The lowest BCUT2D eigenvalue weighted by atomic mass is 9.62. The fourth-order valence-corrected chi connectivity index (χ4v) is 6.46. The lowest BCUT2D eigenvalue weighted by Gasteiger charge is -2.39. The van der Waals surface area contributed by atoms with Crippen molar-refractivity contribution < 1.29 is 20.4 Å². The van der Waals surface area contributed by atoms with E-state index in [1.807, 2.05) is 52.0 Å². The van der Waals surface area contributed by atoms with Crippen molar-refractivity contribution in [3.63, 3.8) is 0 Å². The van der Waals surface area contributed by atoms with Crippen molar-refractivity contribution in [2.75, 3.05) is 0 Å². The van der Waals surface area contributed by atoms with Gasteiger partial charge in [-0.15, -0.1) is 0 Å². The van der Waals surface area contributed by atoms with Crippen LogP contribution in [0.2, 0.25) is 0 Å². The summed E-state index contributed by atoms with van der Waals surface area (Å²) in [4.78, 5) is 0. The predicted octanol–water partition coefficient (Wildman–Crippen LogP) is 5.68. The third-order valence-corrected chi connectivity index (χ3v) is 7.79. The molecular formula is C31H30O4. The minimum atomic E-state index is -0.773. The van der Waals surface area contributed by atoms with Crippen molar-refractivity contribution in [1.82, 2.24) is 0 Å².